The first-order valence-electron chi connectivity index (χ1n) is 10.1. The number of rotatable bonds is 9. The highest BCUT2D eigenvalue weighted by Gasteiger charge is 2.29. The number of benzene rings is 1. The molecule has 0 bridgehead atoms. The summed E-state index contributed by atoms with van der Waals surface area (Å²) in [6, 6.07) is 5.67. The van der Waals surface area contributed by atoms with Crippen molar-refractivity contribution < 1.29 is 13.2 Å². The van der Waals surface area contributed by atoms with E-state index in [1.54, 1.807) is 12.1 Å². The number of hydrogen-bond acceptors (Lipinski definition) is 0. The van der Waals surface area contributed by atoms with Crippen LogP contribution in [0, 0.1) is 11.8 Å². The maximum Gasteiger partial charge on any atom is 0.416 e. The van der Waals surface area contributed by atoms with Gasteiger partial charge in [-0.3, -0.25) is 0 Å². The summed E-state index contributed by atoms with van der Waals surface area (Å²) in [5.41, 5.74) is 0.472. The van der Waals surface area contributed by atoms with Gasteiger partial charge in [-0.1, -0.05) is 83.3 Å². The summed E-state index contributed by atoms with van der Waals surface area (Å²) in [6.07, 6.45) is 11.4. The molecular weight excluding hydrogens is 321 g/mol. The summed E-state index contributed by atoms with van der Waals surface area (Å²) in [5, 5.41) is 0. The molecule has 0 saturated heterocycles. The van der Waals surface area contributed by atoms with Gasteiger partial charge in [-0.05, 0) is 42.4 Å². The molecule has 0 aliphatic heterocycles. The highest BCUT2D eigenvalue weighted by atomic mass is 19.4. The van der Waals surface area contributed by atoms with Crippen molar-refractivity contribution in [1.29, 1.82) is 0 Å². The molecule has 0 N–H and O–H groups in total. The zero-order valence-electron chi connectivity index (χ0n) is 15.6. The van der Waals surface area contributed by atoms with Crippen LogP contribution >= 0.6 is 0 Å². The summed E-state index contributed by atoms with van der Waals surface area (Å²) in [5.74, 6) is 1.85. The quantitative estimate of drug-likeness (QED) is 0.397. The van der Waals surface area contributed by atoms with Gasteiger partial charge in [0, 0.05) is 0 Å². The highest BCUT2D eigenvalue weighted by molar-refractivity contribution is 5.24. The molecule has 142 valence electrons. The zero-order chi connectivity index (χ0) is 18.1. The van der Waals surface area contributed by atoms with Crippen molar-refractivity contribution >= 4 is 0 Å². The monoisotopic (exact) mass is 354 g/mol. The van der Waals surface area contributed by atoms with Crippen LogP contribution in [0.25, 0.3) is 0 Å². The second-order valence-electron chi connectivity index (χ2n) is 7.82. The lowest BCUT2D eigenvalue weighted by Gasteiger charge is -2.28. The Balaban J connectivity index is 1.58. The number of aryl methyl sites for hydroxylation is 1. The van der Waals surface area contributed by atoms with Crippen LogP contribution in [0.4, 0.5) is 13.2 Å². The third kappa shape index (κ3) is 7.42. The highest BCUT2D eigenvalue weighted by Crippen LogP contribution is 2.34. The first-order chi connectivity index (χ1) is 12.0. The minimum Gasteiger partial charge on any atom is -0.166 e. The predicted molar refractivity (Wildman–Crippen MR) is 98.6 cm³/mol. The van der Waals surface area contributed by atoms with Crippen molar-refractivity contribution in [3.8, 4) is 0 Å². The molecular formula is C22H33F3. The fourth-order valence-electron chi connectivity index (χ4n) is 4.11. The van der Waals surface area contributed by atoms with Gasteiger partial charge in [0.15, 0.2) is 0 Å². The van der Waals surface area contributed by atoms with Crippen LogP contribution in [0.1, 0.15) is 88.7 Å². The van der Waals surface area contributed by atoms with E-state index in [9.17, 15) is 13.2 Å². The molecule has 25 heavy (non-hydrogen) atoms. The Kier molecular flexibility index (Phi) is 8.32. The van der Waals surface area contributed by atoms with Crippen LogP contribution in [0.3, 0.4) is 0 Å². The molecule has 1 aromatic rings. The van der Waals surface area contributed by atoms with E-state index in [0.29, 0.717) is 0 Å². The van der Waals surface area contributed by atoms with E-state index in [0.717, 1.165) is 30.2 Å². The Bertz CT molecular complexity index is 467. The molecule has 1 aliphatic carbocycles. The lowest BCUT2D eigenvalue weighted by atomic mass is 9.78. The molecule has 0 heterocycles. The molecule has 0 aromatic heterocycles. The molecule has 0 spiro atoms. The van der Waals surface area contributed by atoms with E-state index in [2.05, 4.69) is 6.92 Å². The predicted octanol–water partition coefficient (Wildman–Crippen LogP) is 7.80. The largest absolute Gasteiger partial charge is 0.416 e. The summed E-state index contributed by atoms with van der Waals surface area (Å²) in [4.78, 5) is 0. The van der Waals surface area contributed by atoms with Gasteiger partial charge in [-0.25, -0.2) is 0 Å². The minimum absolute atomic E-state index is 0.549. The minimum atomic E-state index is -4.23. The zero-order valence-corrected chi connectivity index (χ0v) is 15.6. The standard InChI is InChI=1S/C22H33F3/c1-2-3-4-7-18-10-12-19(13-11-18)8-5-6-9-20-14-16-21(17-15-20)22(23,24)25/h14-19H,2-13H2,1H3/t18-,19-. The van der Waals surface area contributed by atoms with Crippen LogP contribution in [-0.2, 0) is 12.6 Å². The van der Waals surface area contributed by atoms with Crippen LogP contribution < -0.4 is 0 Å². The normalized spacial score (nSPS) is 21.4. The second-order valence-corrected chi connectivity index (χ2v) is 7.82. The molecule has 0 atom stereocenters. The first-order valence-corrected chi connectivity index (χ1v) is 10.1. The molecule has 0 radical (unpaired) electrons. The fraction of sp³-hybridized carbons (Fsp3) is 0.727. The van der Waals surface area contributed by atoms with Gasteiger partial charge < -0.3 is 0 Å². The van der Waals surface area contributed by atoms with Crippen LogP contribution in [0.5, 0.6) is 0 Å². The van der Waals surface area contributed by atoms with Gasteiger partial charge >= 0.3 is 6.18 Å². The van der Waals surface area contributed by atoms with E-state index in [-0.39, 0.29) is 0 Å². The third-order valence-corrected chi connectivity index (χ3v) is 5.79. The van der Waals surface area contributed by atoms with E-state index in [4.69, 9.17) is 0 Å². The van der Waals surface area contributed by atoms with E-state index in [1.807, 2.05) is 0 Å². The fourth-order valence-corrected chi connectivity index (χ4v) is 4.11. The van der Waals surface area contributed by atoms with Crippen LogP contribution in [0.2, 0.25) is 0 Å². The molecule has 0 nitrogen and oxygen atoms in total. The number of alkyl halides is 3. The molecule has 1 saturated carbocycles. The molecule has 0 unspecified atom stereocenters. The number of hydrogen-bond donors (Lipinski definition) is 0. The van der Waals surface area contributed by atoms with Gasteiger partial charge in [0.05, 0.1) is 5.56 Å². The lowest BCUT2D eigenvalue weighted by Crippen LogP contribution is -2.14. The topological polar surface area (TPSA) is 0 Å². The Morgan fingerprint density at radius 3 is 1.80 bits per heavy atom. The number of halogens is 3. The molecule has 0 amide bonds. The summed E-state index contributed by atoms with van der Waals surface area (Å²) < 4.78 is 37.6. The van der Waals surface area contributed by atoms with Crippen molar-refractivity contribution in [3.63, 3.8) is 0 Å². The lowest BCUT2D eigenvalue weighted by molar-refractivity contribution is -0.137. The summed E-state index contributed by atoms with van der Waals surface area (Å²) >= 11 is 0. The van der Waals surface area contributed by atoms with Gasteiger partial charge in [0.25, 0.3) is 0 Å². The number of unbranched alkanes of at least 4 members (excludes halogenated alkanes) is 3. The van der Waals surface area contributed by atoms with Crippen molar-refractivity contribution in [2.24, 2.45) is 11.8 Å². The van der Waals surface area contributed by atoms with Crippen LogP contribution in [0.15, 0.2) is 24.3 Å². The van der Waals surface area contributed by atoms with Crippen molar-refractivity contribution in [2.45, 2.75) is 90.1 Å². The average Bonchev–Trinajstić information content (AvgIpc) is 2.60. The maximum atomic E-state index is 12.5. The second kappa shape index (κ2) is 10.2. The maximum absolute atomic E-state index is 12.5. The average molecular weight is 354 g/mol. The third-order valence-electron chi connectivity index (χ3n) is 5.79. The SMILES string of the molecule is CCCCC[C@H]1CC[C@H](CCCCc2ccc(C(F)(F)F)cc2)CC1. The van der Waals surface area contributed by atoms with E-state index >= 15 is 0 Å². The molecule has 1 aliphatic rings. The molecule has 3 heteroatoms. The molecule has 1 fully saturated rings. The van der Waals surface area contributed by atoms with Gasteiger partial charge in [-0.2, -0.15) is 13.2 Å². The summed E-state index contributed by atoms with van der Waals surface area (Å²) in [7, 11) is 0. The Morgan fingerprint density at radius 2 is 1.32 bits per heavy atom. The summed E-state index contributed by atoms with van der Waals surface area (Å²) in [6.45, 7) is 2.27. The van der Waals surface area contributed by atoms with E-state index in [1.165, 1.54) is 76.3 Å². The van der Waals surface area contributed by atoms with Gasteiger partial charge in [-0.15, -0.1) is 0 Å². The van der Waals surface area contributed by atoms with Crippen molar-refractivity contribution in [1.82, 2.24) is 0 Å². The Morgan fingerprint density at radius 1 is 0.800 bits per heavy atom. The van der Waals surface area contributed by atoms with Gasteiger partial charge in [0.1, 0.15) is 0 Å². The van der Waals surface area contributed by atoms with Crippen molar-refractivity contribution in [2.75, 3.05) is 0 Å². The van der Waals surface area contributed by atoms with Gasteiger partial charge in [0.2, 0.25) is 0 Å². The smallest absolute Gasteiger partial charge is 0.166 e. The Labute approximate surface area is 151 Å². The molecule has 2 rings (SSSR count). The van der Waals surface area contributed by atoms with Crippen LogP contribution in [-0.4, -0.2) is 0 Å². The molecule has 1 aromatic carbocycles. The van der Waals surface area contributed by atoms with Crippen molar-refractivity contribution in [3.05, 3.63) is 35.4 Å². The van der Waals surface area contributed by atoms with E-state index < -0.39 is 11.7 Å². The first kappa shape index (κ1) is 20.3. The Hall–Kier alpha value is -0.990.